The Morgan fingerprint density at radius 2 is 1.75 bits per heavy atom. The number of H-pyrrole nitrogens is 1. The van der Waals surface area contributed by atoms with Crippen LogP contribution < -0.4 is 4.90 Å². The zero-order valence-electron chi connectivity index (χ0n) is 11.0. The van der Waals surface area contributed by atoms with Crippen molar-refractivity contribution < 1.29 is 0 Å². The van der Waals surface area contributed by atoms with Gasteiger partial charge in [-0.2, -0.15) is 0 Å². The molecule has 0 amide bonds. The monoisotopic (exact) mass is 306 g/mol. The first-order valence-corrected chi connectivity index (χ1v) is 6.80. The summed E-state index contributed by atoms with van der Waals surface area (Å²) in [6.45, 7) is 0. The van der Waals surface area contributed by atoms with Crippen molar-refractivity contribution in [3.05, 3.63) is 40.5 Å². The van der Waals surface area contributed by atoms with E-state index in [1.54, 1.807) is 6.07 Å². The summed E-state index contributed by atoms with van der Waals surface area (Å²) >= 11 is 11.8. The Balaban J connectivity index is 2.05. The summed E-state index contributed by atoms with van der Waals surface area (Å²) in [7, 11) is 4.01. The number of aromatic amines is 1. The van der Waals surface area contributed by atoms with Crippen molar-refractivity contribution in [2.75, 3.05) is 19.0 Å². The quantitative estimate of drug-likeness (QED) is 0.728. The normalized spacial score (nSPS) is 11.0. The van der Waals surface area contributed by atoms with E-state index in [9.17, 15) is 0 Å². The highest BCUT2D eigenvalue weighted by molar-refractivity contribution is 6.41. The molecule has 0 spiro atoms. The standard InChI is InChI=1S/C14H12Cl2N4/c1-20(2)9-5-3-8(4-6-9)13-17-11-7-10(15)12(16)18-14(11)19-13/h3-7H,1-2H3,(H,17,18,19). The predicted molar refractivity (Wildman–Crippen MR) is 83.7 cm³/mol. The van der Waals surface area contributed by atoms with Crippen LogP contribution in [0.1, 0.15) is 0 Å². The van der Waals surface area contributed by atoms with E-state index in [4.69, 9.17) is 23.2 Å². The van der Waals surface area contributed by atoms with Gasteiger partial charge >= 0.3 is 0 Å². The molecule has 0 bridgehead atoms. The molecule has 4 nitrogen and oxygen atoms in total. The molecule has 3 rings (SSSR count). The van der Waals surface area contributed by atoms with E-state index in [0.717, 1.165) is 22.6 Å². The average molecular weight is 307 g/mol. The van der Waals surface area contributed by atoms with Gasteiger partial charge in [0.1, 0.15) is 11.0 Å². The van der Waals surface area contributed by atoms with Crippen LogP contribution in [0, 0.1) is 0 Å². The van der Waals surface area contributed by atoms with Crippen LogP contribution in [0.25, 0.3) is 22.6 Å². The average Bonchev–Trinajstić information content (AvgIpc) is 2.82. The molecule has 0 fully saturated rings. The number of nitrogens with zero attached hydrogens (tertiary/aromatic N) is 3. The van der Waals surface area contributed by atoms with Crippen LogP contribution in [-0.4, -0.2) is 29.0 Å². The number of fused-ring (bicyclic) bond motifs is 1. The Hall–Kier alpha value is -1.78. The molecule has 0 atom stereocenters. The third kappa shape index (κ3) is 2.32. The zero-order valence-corrected chi connectivity index (χ0v) is 12.5. The van der Waals surface area contributed by atoms with E-state index >= 15 is 0 Å². The minimum absolute atomic E-state index is 0.264. The maximum Gasteiger partial charge on any atom is 0.179 e. The van der Waals surface area contributed by atoms with Gasteiger partial charge in [0.2, 0.25) is 0 Å². The minimum Gasteiger partial charge on any atom is -0.378 e. The maximum atomic E-state index is 5.95. The van der Waals surface area contributed by atoms with Gasteiger partial charge in [-0.25, -0.2) is 9.97 Å². The molecule has 0 unspecified atom stereocenters. The molecule has 6 heteroatoms. The number of rotatable bonds is 2. The van der Waals surface area contributed by atoms with E-state index < -0.39 is 0 Å². The fourth-order valence-corrected chi connectivity index (χ4v) is 2.24. The summed E-state index contributed by atoms with van der Waals surface area (Å²) in [5, 5.41) is 0.678. The van der Waals surface area contributed by atoms with Crippen molar-refractivity contribution in [1.29, 1.82) is 0 Å². The van der Waals surface area contributed by atoms with Gasteiger partial charge in [-0.15, -0.1) is 0 Å². The Morgan fingerprint density at radius 1 is 1.05 bits per heavy atom. The summed E-state index contributed by atoms with van der Waals surface area (Å²) in [5.41, 5.74) is 3.45. The van der Waals surface area contributed by atoms with Crippen molar-refractivity contribution in [3.63, 3.8) is 0 Å². The van der Waals surface area contributed by atoms with Crippen LogP contribution in [0.4, 0.5) is 5.69 Å². The molecule has 1 aromatic carbocycles. The first-order chi connectivity index (χ1) is 9.54. The lowest BCUT2D eigenvalue weighted by atomic mass is 10.2. The summed E-state index contributed by atoms with van der Waals surface area (Å²) in [6.07, 6.45) is 0. The predicted octanol–water partition coefficient (Wildman–Crippen LogP) is 4.00. The van der Waals surface area contributed by atoms with Crippen LogP contribution in [0.3, 0.4) is 0 Å². The van der Waals surface area contributed by atoms with E-state index in [1.165, 1.54) is 0 Å². The number of hydrogen-bond acceptors (Lipinski definition) is 3. The first-order valence-electron chi connectivity index (χ1n) is 6.04. The summed E-state index contributed by atoms with van der Waals surface area (Å²) in [5.74, 6) is 0.746. The molecule has 102 valence electrons. The molecule has 1 N–H and O–H groups in total. The van der Waals surface area contributed by atoms with Crippen LogP contribution >= 0.6 is 23.2 Å². The van der Waals surface area contributed by atoms with Crippen molar-refractivity contribution >= 4 is 40.1 Å². The smallest absolute Gasteiger partial charge is 0.179 e. The molecule has 3 aromatic rings. The molecule has 0 aliphatic heterocycles. The molecule has 20 heavy (non-hydrogen) atoms. The van der Waals surface area contributed by atoms with Gasteiger partial charge < -0.3 is 9.88 Å². The van der Waals surface area contributed by atoms with Gasteiger partial charge in [-0.3, -0.25) is 0 Å². The minimum atomic E-state index is 0.264. The van der Waals surface area contributed by atoms with Gasteiger partial charge in [0.15, 0.2) is 5.65 Å². The van der Waals surface area contributed by atoms with E-state index in [1.807, 2.05) is 43.3 Å². The van der Waals surface area contributed by atoms with Crippen LogP contribution in [-0.2, 0) is 0 Å². The second-order valence-electron chi connectivity index (χ2n) is 4.66. The molecule has 2 heterocycles. The largest absolute Gasteiger partial charge is 0.378 e. The number of nitrogens with one attached hydrogen (secondary N) is 1. The highest BCUT2D eigenvalue weighted by Gasteiger charge is 2.09. The van der Waals surface area contributed by atoms with Crippen molar-refractivity contribution in [2.24, 2.45) is 0 Å². The Labute approximate surface area is 126 Å². The third-order valence-electron chi connectivity index (χ3n) is 3.04. The topological polar surface area (TPSA) is 44.8 Å². The molecular weight excluding hydrogens is 295 g/mol. The van der Waals surface area contributed by atoms with Crippen molar-refractivity contribution in [1.82, 2.24) is 15.0 Å². The van der Waals surface area contributed by atoms with Gasteiger partial charge in [0.25, 0.3) is 0 Å². The summed E-state index contributed by atoms with van der Waals surface area (Å²) in [4.78, 5) is 13.8. The van der Waals surface area contributed by atoms with E-state index in [-0.39, 0.29) is 5.15 Å². The molecule has 0 aliphatic carbocycles. The van der Waals surface area contributed by atoms with Gasteiger partial charge in [-0.05, 0) is 30.3 Å². The number of imidazole rings is 1. The van der Waals surface area contributed by atoms with E-state index in [2.05, 4.69) is 15.0 Å². The Kier molecular flexibility index (Phi) is 3.28. The number of pyridine rings is 1. The third-order valence-corrected chi connectivity index (χ3v) is 3.71. The first kappa shape index (κ1) is 13.2. The molecule has 0 radical (unpaired) electrons. The highest BCUT2D eigenvalue weighted by atomic mass is 35.5. The second kappa shape index (κ2) is 4.96. The summed E-state index contributed by atoms with van der Waals surface area (Å²) < 4.78 is 0. The van der Waals surface area contributed by atoms with Gasteiger partial charge in [0, 0.05) is 25.3 Å². The van der Waals surface area contributed by atoms with Crippen molar-refractivity contribution in [2.45, 2.75) is 0 Å². The lowest BCUT2D eigenvalue weighted by Crippen LogP contribution is -2.07. The fraction of sp³-hybridized carbons (Fsp3) is 0.143. The number of anilines is 1. The van der Waals surface area contributed by atoms with Crippen molar-refractivity contribution in [3.8, 4) is 11.4 Å². The fourth-order valence-electron chi connectivity index (χ4n) is 1.95. The highest BCUT2D eigenvalue weighted by Crippen LogP contribution is 2.26. The zero-order chi connectivity index (χ0) is 14.3. The lowest BCUT2D eigenvalue weighted by Gasteiger charge is -2.11. The maximum absolute atomic E-state index is 5.95. The van der Waals surface area contributed by atoms with Crippen LogP contribution in [0.2, 0.25) is 10.2 Å². The lowest BCUT2D eigenvalue weighted by molar-refractivity contribution is 1.13. The second-order valence-corrected chi connectivity index (χ2v) is 5.42. The molecule has 0 aliphatic rings. The van der Waals surface area contributed by atoms with E-state index in [0.29, 0.717) is 10.7 Å². The molecule has 0 saturated carbocycles. The summed E-state index contributed by atoms with van der Waals surface area (Å²) in [6, 6.07) is 9.83. The molecule has 2 aromatic heterocycles. The Morgan fingerprint density at radius 3 is 2.40 bits per heavy atom. The number of aromatic nitrogens is 3. The van der Waals surface area contributed by atoms with Gasteiger partial charge in [0.05, 0.1) is 10.5 Å². The number of benzene rings is 1. The molecular formula is C14H12Cl2N4. The van der Waals surface area contributed by atoms with Gasteiger partial charge in [-0.1, -0.05) is 23.2 Å². The van der Waals surface area contributed by atoms with Crippen LogP contribution in [0.5, 0.6) is 0 Å². The Bertz CT molecular complexity index is 724. The number of hydrogen-bond donors (Lipinski definition) is 1. The SMILES string of the molecule is CN(C)c1ccc(-c2nc3nc(Cl)c(Cl)cc3[nH]2)cc1. The van der Waals surface area contributed by atoms with Crippen LogP contribution in [0.15, 0.2) is 30.3 Å². The molecule has 0 saturated heterocycles. The number of halogens is 2.